The van der Waals surface area contributed by atoms with Crippen LogP contribution in [-0.4, -0.2) is 28.9 Å². The van der Waals surface area contributed by atoms with E-state index in [1.165, 1.54) is 13.8 Å². The molecule has 2 amide bonds. The summed E-state index contributed by atoms with van der Waals surface area (Å²) < 4.78 is 4.95. The first-order valence-electron chi connectivity index (χ1n) is 5.12. The zero-order chi connectivity index (χ0) is 12.3. The molecule has 0 radical (unpaired) electrons. The van der Waals surface area contributed by atoms with E-state index in [1.54, 1.807) is 0 Å². The van der Waals surface area contributed by atoms with E-state index in [4.69, 9.17) is 4.74 Å². The van der Waals surface area contributed by atoms with Crippen LogP contribution < -0.4 is 0 Å². The zero-order valence-electron chi connectivity index (χ0n) is 9.49. The normalized spacial score (nSPS) is 20.5. The Balaban J connectivity index is 2.87. The SMILES string of the molecule is C=C(C)C(=O)N1C(=O)CCCC1OC(C)=O. The molecule has 5 heteroatoms. The number of imide groups is 1. The van der Waals surface area contributed by atoms with Crippen molar-refractivity contribution in [2.24, 2.45) is 0 Å². The average molecular weight is 225 g/mol. The molecule has 16 heavy (non-hydrogen) atoms. The van der Waals surface area contributed by atoms with Gasteiger partial charge in [0.2, 0.25) is 5.91 Å². The van der Waals surface area contributed by atoms with Crippen LogP contribution in [0.1, 0.15) is 33.1 Å². The third-order valence-electron chi connectivity index (χ3n) is 2.28. The first-order valence-corrected chi connectivity index (χ1v) is 5.12. The highest BCUT2D eigenvalue weighted by molar-refractivity contribution is 6.04. The maximum atomic E-state index is 11.7. The average Bonchev–Trinajstić information content (AvgIpc) is 2.16. The predicted octanol–water partition coefficient (Wildman–Crippen LogP) is 0.991. The maximum absolute atomic E-state index is 11.7. The first-order chi connectivity index (χ1) is 7.43. The smallest absolute Gasteiger partial charge is 0.304 e. The molecule has 0 spiro atoms. The molecule has 5 nitrogen and oxygen atoms in total. The Morgan fingerprint density at radius 3 is 2.56 bits per heavy atom. The fourth-order valence-electron chi connectivity index (χ4n) is 1.59. The summed E-state index contributed by atoms with van der Waals surface area (Å²) in [5, 5.41) is 0. The van der Waals surface area contributed by atoms with Gasteiger partial charge in [-0.25, -0.2) is 4.90 Å². The number of hydrogen-bond acceptors (Lipinski definition) is 4. The first kappa shape index (κ1) is 12.4. The number of ether oxygens (including phenoxy) is 1. The molecule has 1 atom stereocenters. The highest BCUT2D eigenvalue weighted by Crippen LogP contribution is 2.21. The quantitative estimate of drug-likeness (QED) is 0.519. The summed E-state index contributed by atoms with van der Waals surface area (Å²) >= 11 is 0. The van der Waals surface area contributed by atoms with Crippen molar-refractivity contribution in [3.8, 4) is 0 Å². The minimum Gasteiger partial charge on any atom is -0.441 e. The van der Waals surface area contributed by atoms with E-state index in [9.17, 15) is 14.4 Å². The number of esters is 1. The number of nitrogens with zero attached hydrogens (tertiary/aromatic N) is 1. The van der Waals surface area contributed by atoms with Crippen LogP contribution in [0.5, 0.6) is 0 Å². The fourth-order valence-corrected chi connectivity index (χ4v) is 1.59. The Hall–Kier alpha value is -1.65. The molecular weight excluding hydrogens is 210 g/mol. The van der Waals surface area contributed by atoms with Crippen molar-refractivity contribution < 1.29 is 19.1 Å². The third kappa shape index (κ3) is 2.68. The summed E-state index contributed by atoms with van der Waals surface area (Å²) in [6.07, 6.45) is 0.640. The van der Waals surface area contributed by atoms with Crippen LogP contribution in [0.25, 0.3) is 0 Å². The number of amides is 2. The zero-order valence-corrected chi connectivity index (χ0v) is 9.49. The topological polar surface area (TPSA) is 63.7 Å². The van der Waals surface area contributed by atoms with Gasteiger partial charge in [0.1, 0.15) is 0 Å². The summed E-state index contributed by atoms with van der Waals surface area (Å²) in [4.78, 5) is 35.2. The number of carbonyl (C=O) groups excluding carboxylic acids is 3. The Bertz CT molecular complexity index is 348. The molecule has 0 bridgehead atoms. The third-order valence-corrected chi connectivity index (χ3v) is 2.28. The van der Waals surface area contributed by atoms with Crippen LogP contribution in [-0.2, 0) is 19.1 Å². The second-order valence-electron chi connectivity index (χ2n) is 3.81. The van der Waals surface area contributed by atoms with Crippen LogP contribution in [0.2, 0.25) is 0 Å². The van der Waals surface area contributed by atoms with Crippen molar-refractivity contribution in [2.75, 3.05) is 0 Å². The Morgan fingerprint density at radius 2 is 2.06 bits per heavy atom. The Morgan fingerprint density at radius 1 is 1.44 bits per heavy atom. The van der Waals surface area contributed by atoms with Crippen molar-refractivity contribution in [1.29, 1.82) is 0 Å². The molecule has 1 unspecified atom stereocenters. The monoisotopic (exact) mass is 225 g/mol. The number of piperidine rings is 1. The number of carbonyl (C=O) groups is 3. The summed E-state index contributed by atoms with van der Waals surface area (Å²) in [5.74, 6) is -1.29. The summed E-state index contributed by atoms with van der Waals surface area (Å²) in [6, 6.07) is 0. The van der Waals surface area contributed by atoms with Crippen LogP contribution in [0.4, 0.5) is 0 Å². The highest BCUT2D eigenvalue weighted by Gasteiger charge is 2.35. The molecule has 1 saturated heterocycles. The molecule has 0 saturated carbocycles. The largest absolute Gasteiger partial charge is 0.441 e. The molecule has 0 aliphatic carbocycles. The van der Waals surface area contributed by atoms with Crippen molar-refractivity contribution in [3.05, 3.63) is 12.2 Å². The lowest BCUT2D eigenvalue weighted by Gasteiger charge is -2.32. The molecule has 88 valence electrons. The van der Waals surface area contributed by atoms with E-state index in [0.717, 1.165) is 4.90 Å². The van der Waals surface area contributed by atoms with E-state index in [-0.39, 0.29) is 11.5 Å². The van der Waals surface area contributed by atoms with Gasteiger partial charge in [-0.2, -0.15) is 0 Å². The second kappa shape index (κ2) is 4.92. The van der Waals surface area contributed by atoms with Gasteiger partial charge in [0.25, 0.3) is 5.91 Å². The molecule has 0 aromatic carbocycles. The van der Waals surface area contributed by atoms with Crippen molar-refractivity contribution in [2.45, 2.75) is 39.3 Å². The molecule has 1 heterocycles. The van der Waals surface area contributed by atoms with Gasteiger partial charge >= 0.3 is 5.97 Å². The molecule has 1 rings (SSSR count). The molecule has 1 fully saturated rings. The number of likely N-dealkylation sites (tertiary alicyclic amines) is 1. The minimum absolute atomic E-state index is 0.257. The van der Waals surface area contributed by atoms with Crippen molar-refractivity contribution in [3.63, 3.8) is 0 Å². The van der Waals surface area contributed by atoms with Gasteiger partial charge in [0.05, 0.1) is 0 Å². The summed E-state index contributed by atoms with van der Waals surface area (Å²) in [6.45, 7) is 6.27. The van der Waals surface area contributed by atoms with Gasteiger partial charge in [-0.15, -0.1) is 0 Å². The van der Waals surface area contributed by atoms with Crippen molar-refractivity contribution >= 4 is 17.8 Å². The number of rotatable bonds is 2. The minimum atomic E-state index is -0.775. The van der Waals surface area contributed by atoms with E-state index in [1.807, 2.05) is 0 Å². The molecule has 0 aromatic rings. The lowest BCUT2D eigenvalue weighted by Crippen LogP contribution is -2.49. The standard InChI is InChI=1S/C11H15NO4/c1-7(2)11(15)12-9(14)5-4-6-10(12)16-8(3)13/h10H,1,4-6H2,2-3H3. The summed E-state index contributed by atoms with van der Waals surface area (Å²) in [5.41, 5.74) is 0.257. The lowest BCUT2D eigenvalue weighted by molar-refractivity contribution is -0.172. The van der Waals surface area contributed by atoms with E-state index < -0.39 is 18.1 Å². The van der Waals surface area contributed by atoms with E-state index in [0.29, 0.717) is 19.3 Å². The van der Waals surface area contributed by atoms with Gasteiger partial charge in [0.15, 0.2) is 6.23 Å². The van der Waals surface area contributed by atoms with E-state index in [2.05, 4.69) is 6.58 Å². The highest BCUT2D eigenvalue weighted by atomic mass is 16.6. The second-order valence-corrected chi connectivity index (χ2v) is 3.81. The molecule has 0 aromatic heterocycles. The van der Waals surface area contributed by atoms with Gasteiger partial charge < -0.3 is 4.74 Å². The van der Waals surface area contributed by atoms with Gasteiger partial charge in [-0.1, -0.05) is 6.58 Å². The number of hydrogen-bond donors (Lipinski definition) is 0. The van der Waals surface area contributed by atoms with Crippen LogP contribution in [0.15, 0.2) is 12.2 Å². The van der Waals surface area contributed by atoms with Gasteiger partial charge in [-0.05, 0) is 13.3 Å². The molecule has 1 aliphatic heterocycles. The van der Waals surface area contributed by atoms with Gasteiger partial charge in [0, 0.05) is 25.3 Å². The molecule has 1 aliphatic rings. The fraction of sp³-hybridized carbons (Fsp3) is 0.545. The molecule has 0 N–H and O–H groups in total. The Labute approximate surface area is 94.1 Å². The van der Waals surface area contributed by atoms with Gasteiger partial charge in [-0.3, -0.25) is 14.4 Å². The van der Waals surface area contributed by atoms with Crippen molar-refractivity contribution in [1.82, 2.24) is 4.90 Å². The van der Waals surface area contributed by atoms with Crippen LogP contribution >= 0.6 is 0 Å². The molecular formula is C11H15NO4. The van der Waals surface area contributed by atoms with Crippen LogP contribution in [0, 0.1) is 0 Å². The van der Waals surface area contributed by atoms with E-state index >= 15 is 0 Å². The summed E-state index contributed by atoms with van der Waals surface area (Å²) in [7, 11) is 0. The predicted molar refractivity (Wildman–Crippen MR) is 56.1 cm³/mol. The Kier molecular flexibility index (Phi) is 3.82. The maximum Gasteiger partial charge on any atom is 0.304 e. The lowest BCUT2D eigenvalue weighted by atomic mass is 10.1. The van der Waals surface area contributed by atoms with Crippen LogP contribution in [0.3, 0.4) is 0 Å².